The van der Waals surface area contributed by atoms with Gasteiger partial charge in [-0.2, -0.15) is 4.68 Å². The Hall–Kier alpha value is -2.71. The topological polar surface area (TPSA) is 90.0 Å². The fourth-order valence-electron chi connectivity index (χ4n) is 6.14. The lowest BCUT2D eigenvalue weighted by molar-refractivity contribution is -0.103. The zero-order valence-electron chi connectivity index (χ0n) is 17.8. The number of aromatic nitrogens is 4. The maximum absolute atomic E-state index is 12.8. The van der Waals surface area contributed by atoms with Crippen molar-refractivity contribution >= 4 is 10.9 Å². The predicted molar refractivity (Wildman–Crippen MR) is 119 cm³/mol. The number of aromatic amines is 2. The molecule has 2 aliphatic heterocycles. The fourth-order valence-corrected chi connectivity index (χ4v) is 6.14. The first-order chi connectivity index (χ1) is 15.0. The number of pyridine rings is 1. The highest BCUT2D eigenvalue weighted by atomic mass is 16.2. The Labute approximate surface area is 179 Å². The number of nitrogens with zero attached hydrogens (tertiary/aromatic N) is 4. The SMILES string of the molecule is CN1CC2(CC(N3CCCC(c4nn(-c5cccc6ccc(=O)[nH]c56)c(=O)[nH]4)C3)C2)C1. The van der Waals surface area contributed by atoms with Crippen LogP contribution in [-0.2, 0) is 0 Å². The van der Waals surface area contributed by atoms with E-state index in [-0.39, 0.29) is 17.2 Å². The lowest BCUT2D eigenvalue weighted by Crippen LogP contribution is -2.66. The number of rotatable bonds is 3. The van der Waals surface area contributed by atoms with Gasteiger partial charge in [0.1, 0.15) is 5.82 Å². The van der Waals surface area contributed by atoms with Gasteiger partial charge in [0.25, 0.3) is 0 Å². The Kier molecular flexibility index (Phi) is 4.23. The molecule has 1 saturated carbocycles. The number of benzene rings is 1. The molecule has 0 amide bonds. The Morgan fingerprint density at radius 3 is 2.74 bits per heavy atom. The monoisotopic (exact) mass is 420 g/mol. The van der Waals surface area contributed by atoms with Crippen LogP contribution in [0.25, 0.3) is 16.6 Å². The first-order valence-electron chi connectivity index (χ1n) is 11.2. The zero-order valence-corrected chi connectivity index (χ0v) is 17.8. The Balaban J connectivity index is 1.24. The third kappa shape index (κ3) is 3.16. The molecule has 2 saturated heterocycles. The molecule has 2 N–H and O–H groups in total. The lowest BCUT2D eigenvalue weighted by atomic mass is 9.60. The average Bonchev–Trinajstić information content (AvgIpc) is 3.10. The highest BCUT2D eigenvalue weighted by Gasteiger charge is 2.52. The molecule has 2 aromatic heterocycles. The van der Waals surface area contributed by atoms with Gasteiger partial charge in [0, 0.05) is 43.0 Å². The number of fused-ring (bicyclic) bond motifs is 1. The van der Waals surface area contributed by atoms with E-state index in [2.05, 4.69) is 31.9 Å². The van der Waals surface area contributed by atoms with Crippen LogP contribution < -0.4 is 11.2 Å². The van der Waals surface area contributed by atoms with E-state index in [1.165, 1.54) is 36.7 Å². The molecule has 1 spiro atoms. The second kappa shape index (κ2) is 6.90. The number of para-hydroxylation sites is 1. The van der Waals surface area contributed by atoms with Crippen LogP contribution in [-0.4, -0.2) is 68.8 Å². The van der Waals surface area contributed by atoms with Gasteiger partial charge in [-0.15, -0.1) is 5.10 Å². The van der Waals surface area contributed by atoms with Crippen molar-refractivity contribution in [2.45, 2.75) is 37.6 Å². The first kappa shape index (κ1) is 19.0. The van der Waals surface area contributed by atoms with Crippen LogP contribution in [0.5, 0.6) is 0 Å². The quantitative estimate of drug-likeness (QED) is 0.673. The van der Waals surface area contributed by atoms with Gasteiger partial charge in [0.05, 0.1) is 11.2 Å². The maximum atomic E-state index is 12.8. The largest absolute Gasteiger partial charge is 0.348 e. The molecule has 0 radical (unpaired) electrons. The first-order valence-corrected chi connectivity index (χ1v) is 11.2. The molecule has 1 unspecified atom stereocenters. The van der Waals surface area contributed by atoms with Crippen LogP contribution in [0.2, 0.25) is 0 Å². The summed E-state index contributed by atoms with van der Waals surface area (Å²) in [6, 6.07) is 9.55. The van der Waals surface area contributed by atoms with Crippen LogP contribution in [0.1, 0.15) is 37.4 Å². The number of H-pyrrole nitrogens is 2. The number of likely N-dealkylation sites (tertiary alicyclic amines) is 2. The van der Waals surface area contributed by atoms with Gasteiger partial charge in [-0.05, 0) is 56.8 Å². The van der Waals surface area contributed by atoms with E-state index in [1.807, 2.05) is 18.2 Å². The molecule has 1 aliphatic carbocycles. The Morgan fingerprint density at radius 1 is 1.10 bits per heavy atom. The van der Waals surface area contributed by atoms with Crippen molar-refractivity contribution in [3.05, 3.63) is 57.0 Å². The number of hydrogen-bond acceptors (Lipinski definition) is 5. The second-order valence-corrected chi connectivity index (χ2v) is 9.86. The molecule has 0 bridgehead atoms. The molecule has 8 heteroatoms. The maximum Gasteiger partial charge on any atom is 0.348 e. The summed E-state index contributed by atoms with van der Waals surface area (Å²) >= 11 is 0. The minimum Gasteiger partial charge on any atom is -0.320 e. The highest BCUT2D eigenvalue weighted by Crippen LogP contribution is 2.50. The van der Waals surface area contributed by atoms with Gasteiger partial charge in [-0.25, -0.2) is 4.79 Å². The molecule has 3 aliphatic rings. The summed E-state index contributed by atoms with van der Waals surface area (Å²) in [7, 11) is 2.20. The van der Waals surface area contributed by atoms with Crippen LogP contribution in [0, 0.1) is 5.41 Å². The van der Waals surface area contributed by atoms with Crippen LogP contribution >= 0.6 is 0 Å². The fraction of sp³-hybridized carbons (Fsp3) is 0.522. The van der Waals surface area contributed by atoms with Crippen LogP contribution in [0.4, 0.5) is 0 Å². The summed E-state index contributed by atoms with van der Waals surface area (Å²) < 4.78 is 1.40. The van der Waals surface area contributed by atoms with Crippen molar-refractivity contribution in [3.8, 4) is 5.69 Å². The van der Waals surface area contributed by atoms with Gasteiger partial charge in [-0.1, -0.05) is 12.1 Å². The summed E-state index contributed by atoms with van der Waals surface area (Å²) in [5.41, 5.74) is 1.36. The zero-order chi connectivity index (χ0) is 21.2. The predicted octanol–water partition coefficient (Wildman–Crippen LogP) is 1.68. The van der Waals surface area contributed by atoms with Crippen molar-refractivity contribution in [1.29, 1.82) is 0 Å². The van der Waals surface area contributed by atoms with Crippen LogP contribution in [0.15, 0.2) is 39.9 Å². The van der Waals surface area contributed by atoms with Gasteiger partial charge in [-0.3, -0.25) is 14.7 Å². The van der Waals surface area contributed by atoms with E-state index in [9.17, 15) is 9.59 Å². The molecule has 1 atom stereocenters. The Bertz CT molecular complexity index is 1240. The number of hydrogen-bond donors (Lipinski definition) is 2. The lowest BCUT2D eigenvalue weighted by Gasteiger charge is -2.61. The molecular formula is C23H28N6O2. The molecular weight excluding hydrogens is 392 g/mol. The molecule has 4 heterocycles. The van der Waals surface area contributed by atoms with E-state index < -0.39 is 0 Å². The smallest absolute Gasteiger partial charge is 0.320 e. The number of piperidine rings is 1. The van der Waals surface area contributed by atoms with E-state index in [4.69, 9.17) is 0 Å². The summed E-state index contributed by atoms with van der Waals surface area (Å²) in [5, 5.41) is 5.55. The summed E-state index contributed by atoms with van der Waals surface area (Å²) in [6.45, 7) is 4.58. The standard InChI is InChI=1S/C23H28N6O2/c1-27-13-23(14-27)10-17(11-23)28-9-3-5-16(12-28)21-25-22(31)29(26-21)18-6-2-4-15-7-8-19(30)24-20(15)18/h2,4,6-8,16-17H,3,5,9-14H2,1H3,(H,24,30)(H,25,26,31). The minimum absolute atomic E-state index is 0.192. The summed E-state index contributed by atoms with van der Waals surface area (Å²) in [4.78, 5) is 35.5. The Morgan fingerprint density at radius 2 is 1.94 bits per heavy atom. The molecule has 3 fully saturated rings. The minimum atomic E-state index is -0.260. The van der Waals surface area contributed by atoms with E-state index in [0.717, 1.165) is 37.1 Å². The number of nitrogens with one attached hydrogen (secondary N) is 2. The normalized spacial score (nSPS) is 24.4. The van der Waals surface area contributed by atoms with Gasteiger partial charge in [0.2, 0.25) is 5.56 Å². The van der Waals surface area contributed by atoms with E-state index in [1.54, 1.807) is 6.07 Å². The molecule has 162 valence electrons. The molecule has 3 aromatic rings. The van der Waals surface area contributed by atoms with Gasteiger partial charge in [0.15, 0.2) is 0 Å². The van der Waals surface area contributed by atoms with E-state index >= 15 is 0 Å². The molecule has 1 aromatic carbocycles. The molecule has 6 rings (SSSR count). The van der Waals surface area contributed by atoms with Crippen LogP contribution in [0.3, 0.4) is 0 Å². The highest BCUT2D eigenvalue weighted by molar-refractivity contribution is 5.85. The summed E-state index contributed by atoms with van der Waals surface area (Å²) in [6.07, 6.45) is 4.78. The second-order valence-electron chi connectivity index (χ2n) is 9.86. The van der Waals surface area contributed by atoms with Gasteiger partial charge < -0.3 is 9.88 Å². The van der Waals surface area contributed by atoms with E-state index in [0.29, 0.717) is 22.7 Å². The third-order valence-electron chi connectivity index (χ3n) is 7.50. The third-order valence-corrected chi connectivity index (χ3v) is 7.50. The van der Waals surface area contributed by atoms with Crippen molar-refractivity contribution < 1.29 is 0 Å². The van der Waals surface area contributed by atoms with Crippen molar-refractivity contribution in [2.75, 3.05) is 33.2 Å². The average molecular weight is 421 g/mol. The van der Waals surface area contributed by atoms with Crippen molar-refractivity contribution in [2.24, 2.45) is 5.41 Å². The molecule has 8 nitrogen and oxygen atoms in total. The molecule has 31 heavy (non-hydrogen) atoms. The van der Waals surface area contributed by atoms with Crippen molar-refractivity contribution in [3.63, 3.8) is 0 Å². The van der Waals surface area contributed by atoms with Gasteiger partial charge >= 0.3 is 5.69 Å². The van der Waals surface area contributed by atoms with Crippen molar-refractivity contribution in [1.82, 2.24) is 29.5 Å². The summed E-state index contributed by atoms with van der Waals surface area (Å²) in [5.74, 6) is 0.986.